The number of carbonyl (C=O) groups excluding carboxylic acids is 1. The highest BCUT2D eigenvalue weighted by Gasteiger charge is 2.09. The summed E-state index contributed by atoms with van der Waals surface area (Å²) in [4.78, 5) is 19.8. The minimum absolute atomic E-state index is 0. The van der Waals surface area contributed by atoms with Crippen molar-refractivity contribution in [3.8, 4) is 5.75 Å². The highest BCUT2D eigenvalue weighted by atomic mass is 127. The van der Waals surface area contributed by atoms with Crippen LogP contribution in [0.25, 0.3) is 0 Å². The molecule has 1 aromatic carbocycles. The van der Waals surface area contributed by atoms with Gasteiger partial charge in [0.15, 0.2) is 5.96 Å². The Hall–Kier alpha value is -2.50. The molecule has 2 rings (SSSR count). The lowest BCUT2D eigenvalue weighted by molar-refractivity contribution is -0.0504. The first kappa shape index (κ1) is 23.5. The summed E-state index contributed by atoms with van der Waals surface area (Å²) >= 11 is 0. The van der Waals surface area contributed by atoms with Crippen molar-refractivity contribution in [3.63, 3.8) is 0 Å². The van der Waals surface area contributed by atoms with E-state index in [1.54, 1.807) is 43.6 Å². The number of nitrogens with one attached hydrogen (secondary N) is 3. The number of aromatic nitrogens is 1. The number of carbonyl (C=O) groups is 1. The fraction of sp³-hybridized carbons (Fsp3) is 0.278. The summed E-state index contributed by atoms with van der Waals surface area (Å²) in [6.07, 6.45) is 3.08. The Morgan fingerprint density at radius 1 is 1.14 bits per heavy atom. The normalized spacial score (nSPS) is 10.8. The van der Waals surface area contributed by atoms with E-state index in [0.29, 0.717) is 30.2 Å². The van der Waals surface area contributed by atoms with Gasteiger partial charge in [0.25, 0.3) is 5.91 Å². The zero-order chi connectivity index (χ0) is 19.5. The number of alkyl halides is 2. The Bertz CT molecular complexity index is 763. The molecule has 7 nitrogen and oxygen atoms in total. The summed E-state index contributed by atoms with van der Waals surface area (Å²) in [7, 11) is 1.59. The zero-order valence-electron chi connectivity index (χ0n) is 15.2. The van der Waals surface area contributed by atoms with Gasteiger partial charge in [0, 0.05) is 44.6 Å². The van der Waals surface area contributed by atoms with Crippen LogP contribution in [0.2, 0.25) is 0 Å². The van der Waals surface area contributed by atoms with E-state index in [2.05, 4.69) is 30.7 Å². The highest BCUT2D eigenvalue weighted by molar-refractivity contribution is 14.0. The molecule has 152 valence electrons. The minimum atomic E-state index is -2.88. The van der Waals surface area contributed by atoms with Gasteiger partial charge in [-0.15, -0.1) is 24.0 Å². The standard InChI is InChI=1S/C18H21F2N5O2.HI/c1-21-18(24-10-9-23-16(26)14-6-4-8-22-11-14)25-12-13-5-2-3-7-15(13)27-17(19)20;/h2-8,11,17H,9-10,12H2,1H3,(H,23,26)(H2,21,24,25);1H. The van der Waals surface area contributed by atoms with Gasteiger partial charge in [-0.2, -0.15) is 8.78 Å². The van der Waals surface area contributed by atoms with E-state index >= 15 is 0 Å². The maximum absolute atomic E-state index is 12.4. The molecule has 2 aromatic rings. The maximum Gasteiger partial charge on any atom is 0.387 e. The molecule has 0 fully saturated rings. The molecule has 0 saturated heterocycles. The molecule has 3 N–H and O–H groups in total. The van der Waals surface area contributed by atoms with Crippen molar-refractivity contribution in [2.24, 2.45) is 4.99 Å². The van der Waals surface area contributed by atoms with E-state index in [1.165, 1.54) is 12.3 Å². The number of guanidine groups is 1. The van der Waals surface area contributed by atoms with Gasteiger partial charge < -0.3 is 20.7 Å². The predicted octanol–water partition coefficient (Wildman–Crippen LogP) is 2.40. The lowest BCUT2D eigenvalue weighted by atomic mass is 10.2. The third-order valence-corrected chi connectivity index (χ3v) is 3.49. The van der Waals surface area contributed by atoms with E-state index in [-0.39, 0.29) is 42.2 Å². The second-order valence-corrected chi connectivity index (χ2v) is 5.34. The number of ether oxygens (including phenoxy) is 1. The van der Waals surface area contributed by atoms with E-state index in [9.17, 15) is 13.6 Å². The van der Waals surface area contributed by atoms with Crippen LogP contribution in [0.5, 0.6) is 5.75 Å². The summed E-state index contributed by atoms with van der Waals surface area (Å²) in [6.45, 7) is -1.82. The monoisotopic (exact) mass is 505 g/mol. The first-order chi connectivity index (χ1) is 13.1. The molecule has 0 aliphatic carbocycles. The van der Waals surface area contributed by atoms with Crippen LogP contribution in [0.3, 0.4) is 0 Å². The summed E-state index contributed by atoms with van der Waals surface area (Å²) in [5, 5.41) is 8.79. The van der Waals surface area contributed by atoms with Crippen molar-refractivity contribution in [2.45, 2.75) is 13.2 Å². The van der Waals surface area contributed by atoms with Gasteiger partial charge in [0.05, 0.1) is 5.56 Å². The van der Waals surface area contributed by atoms with E-state index in [0.717, 1.165) is 0 Å². The molecule has 0 atom stereocenters. The van der Waals surface area contributed by atoms with Crippen LogP contribution in [-0.2, 0) is 6.54 Å². The number of aliphatic imine (C=N–C) groups is 1. The Balaban J connectivity index is 0.00000392. The molecule has 10 heteroatoms. The molecule has 1 aromatic heterocycles. The first-order valence-corrected chi connectivity index (χ1v) is 8.25. The molecule has 1 heterocycles. The molecule has 0 bridgehead atoms. The van der Waals surface area contributed by atoms with Crippen molar-refractivity contribution in [2.75, 3.05) is 20.1 Å². The van der Waals surface area contributed by atoms with Gasteiger partial charge in [-0.05, 0) is 18.2 Å². The van der Waals surface area contributed by atoms with Gasteiger partial charge in [-0.25, -0.2) is 0 Å². The summed E-state index contributed by atoms with van der Waals surface area (Å²) < 4.78 is 29.4. The van der Waals surface area contributed by atoms with Crippen LogP contribution >= 0.6 is 24.0 Å². The number of benzene rings is 1. The number of hydrogen-bond donors (Lipinski definition) is 3. The molecule has 0 unspecified atom stereocenters. The molecule has 1 amide bonds. The van der Waals surface area contributed by atoms with Crippen LogP contribution < -0.4 is 20.7 Å². The third-order valence-electron chi connectivity index (χ3n) is 3.49. The van der Waals surface area contributed by atoms with Gasteiger partial charge in [0.1, 0.15) is 5.75 Å². The third kappa shape index (κ3) is 8.03. The largest absolute Gasteiger partial charge is 0.434 e. The summed E-state index contributed by atoms with van der Waals surface area (Å²) in [5.41, 5.74) is 1.06. The Morgan fingerprint density at radius 2 is 1.89 bits per heavy atom. The van der Waals surface area contributed by atoms with Crippen molar-refractivity contribution in [1.82, 2.24) is 20.9 Å². The number of halogens is 3. The number of pyridine rings is 1. The number of amides is 1. The van der Waals surface area contributed by atoms with Crippen molar-refractivity contribution in [1.29, 1.82) is 0 Å². The molecule has 0 spiro atoms. The lowest BCUT2D eigenvalue weighted by Crippen LogP contribution is -2.41. The summed E-state index contributed by atoms with van der Waals surface area (Å²) in [6, 6.07) is 9.89. The molecular formula is C18H22F2IN5O2. The van der Waals surface area contributed by atoms with Crippen molar-refractivity contribution >= 4 is 35.8 Å². The van der Waals surface area contributed by atoms with E-state index in [1.807, 2.05) is 0 Å². The second-order valence-electron chi connectivity index (χ2n) is 5.34. The molecule has 0 aliphatic rings. The smallest absolute Gasteiger partial charge is 0.387 e. The van der Waals surface area contributed by atoms with Crippen LogP contribution in [0.1, 0.15) is 15.9 Å². The van der Waals surface area contributed by atoms with Crippen LogP contribution in [0.4, 0.5) is 8.78 Å². The number of nitrogens with zero attached hydrogens (tertiary/aromatic N) is 2. The Kier molecular flexibility index (Phi) is 10.8. The number of hydrogen-bond acceptors (Lipinski definition) is 4. The predicted molar refractivity (Wildman–Crippen MR) is 113 cm³/mol. The van der Waals surface area contributed by atoms with Gasteiger partial charge in [-0.1, -0.05) is 18.2 Å². The highest BCUT2D eigenvalue weighted by Crippen LogP contribution is 2.19. The Morgan fingerprint density at radius 3 is 2.57 bits per heavy atom. The fourth-order valence-electron chi connectivity index (χ4n) is 2.22. The van der Waals surface area contributed by atoms with E-state index < -0.39 is 6.61 Å². The average Bonchev–Trinajstić information content (AvgIpc) is 2.68. The van der Waals surface area contributed by atoms with Gasteiger partial charge >= 0.3 is 6.61 Å². The average molecular weight is 505 g/mol. The molecule has 28 heavy (non-hydrogen) atoms. The second kappa shape index (κ2) is 12.8. The molecular weight excluding hydrogens is 483 g/mol. The van der Waals surface area contributed by atoms with Gasteiger partial charge in [0.2, 0.25) is 0 Å². The van der Waals surface area contributed by atoms with Crippen molar-refractivity contribution < 1.29 is 18.3 Å². The zero-order valence-corrected chi connectivity index (χ0v) is 17.5. The van der Waals surface area contributed by atoms with Crippen LogP contribution in [-0.4, -0.2) is 43.6 Å². The topological polar surface area (TPSA) is 87.6 Å². The van der Waals surface area contributed by atoms with Gasteiger partial charge in [-0.3, -0.25) is 14.8 Å². The number of para-hydroxylation sites is 1. The lowest BCUT2D eigenvalue weighted by Gasteiger charge is -2.14. The molecule has 0 radical (unpaired) electrons. The first-order valence-electron chi connectivity index (χ1n) is 8.25. The van der Waals surface area contributed by atoms with Crippen molar-refractivity contribution in [3.05, 3.63) is 59.9 Å². The number of rotatable bonds is 8. The molecule has 0 aliphatic heterocycles. The van der Waals surface area contributed by atoms with Crippen LogP contribution in [0.15, 0.2) is 53.8 Å². The summed E-state index contributed by atoms with van der Waals surface area (Å²) in [5.74, 6) is 0.364. The maximum atomic E-state index is 12.4. The minimum Gasteiger partial charge on any atom is -0.434 e. The van der Waals surface area contributed by atoms with E-state index in [4.69, 9.17) is 0 Å². The molecule has 0 saturated carbocycles. The quantitative estimate of drug-likeness (QED) is 0.222. The van der Waals surface area contributed by atoms with Crippen LogP contribution in [0, 0.1) is 0 Å². The Labute approximate surface area is 179 Å². The SMILES string of the molecule is CN=C(NCCNC(=O)c1cccnc1)NCc1ccccc1OC(F)F.I. The fourth-order valence-corrected chi connectivity index (χ4v) is 2.22.